The number of carbonyl (C=O) groups is 1. The number of rotatable bonds is 4. The fourth-order valence-corrected chi connectivity index (χ4v) is 2.24. The summed E-state index contributed by atoms with van der Waals surface area (Å²) in [4.78, 5) is 14.7. The summed E-state index contributed by atoms with van der Waals surface area (Å²) in [7, 11) is 0. The van der Waals surface area contributed by atoms with Gasteiger partial charge < -0.3 is 11.5 Å². The number of thioether (sulfide) groups is 1. The molecule has 6 heteroatoms. The molecule has 0 aliphatic rings. The predicted molar refractivity (Wildman–Crippen MR) is 54.6 cm³/mol. The van der Waals surface area contributed by atoms with Gasteiger partial charge in [-0.2, -0.15) is 0 Å². The molecule has 1 atom stereocenters. The Morgan fingerprint density at radius 1 is 1.85 bits per heavy atom. The standard InChI is InChI=1S/C7H11N3OS2/c1-12-6-3-10-7(13-6)4(8)2-5(9)11/h3-4H,2,8H2,1H3,(H2,9,11)/t4-/m1/s1. The minimum atomic E-state index is -0.395. The van der Waals surface area contributed by atoms with Crippen molar-refractivity contribution in [3.63, 3.8) is 0 Å². The molecule has 0 spiro atoms. The molecule has 0 saturated heterocycles. The van der Waals surface area contributed by atoms with Crippen LogP contribution in [0.4, 0.5) is 0 Å². The largest absolute Gasteiger partial charge is 0.370 e. The molecule has 1 aromatic rings. The first-order valence-electron chi connectivity index (χ1n) is 3.67. The maximum atomic E-state index is 10.6. The summed E-state index contributed by atoms with van der Waals surface area (Å²) in [6.45, 7) is 0. The second-order valence-corrected chi connectivity index (χ2v) is 4.67. The van der Waals surface area contributed by atoms with Crippen LogP contribution in [0.2, 0.25) is 0 Å². The monoisotopic (exact) mass is 217 g/mol. The maximum absolute atomic E-state index is 10.6. The van der Waals surface area contributed by atoms with Crippen molar-refractivity contribution in [2.75, 3.05) is 6.26 Å². The Morgan fingerprint density at radius 2 is 2.54 bits per heavy atom. The molecule has 4 N–H and O–H groups in total. The van der Waals surface area contributed by atoms with Crippen molar-refractivity contribution in [1.29, 1.82) is 0 Å². The third-order valence-electron chi connectivity index (χ3n) is 1.44. The van der Waals surface area contributed by atoms with Gasteiger partial charge in [0.15, 0.2) is 0 Å². The van der Waals surface area contributed by atoms with Gasteiger partial charge in [0, 0.05) is 6.42 Å². The minimum absolute atomic E-state index is 0.154. The molecule has 0 unspecified atom stereocenters. The molecule has 0 aromatic carbocycles. The normalized spacial score (nSPS) is 12.8. The van der Waals surface area contributed by atoms with E-state index in [9.17, 15) is 4.79 Å². The molecule has 0 bridgehead atoms. The number of primary amides is 1. The van der Waals surface area contributed by atoms with Gasteiger partial charge in [-0.05, 0) is 6.26 Å². The Bertz CT molecular complexity index is 300. The fraction of sp³-hybridized carbons (Fsp3) is 0.429. The number of hydrogen-bond acceptors (Lipinski definition) is 5. The molecule has 1 rings (SSSR count). The zero-order chi connectivity index (χ0) is 9.84. The number of thiazole rings is 1. The first kappa shape index (κ1) is 10.5. The van der Waals surface area contributed by atoms with Crippen LogP contribution in [0.15, 0.2) is 10.4 Å². The van der Waals surface area contributed by atoms with Crippen molar-refractivity contribution >= 4 is 29.0 Å². The van der Waals surface area contributed by atoms with E-state index in [1.165, 1.54) is 11.3 Å². The molecule has 0 aliphatic heterocycles. The van der Waals surface area contributed by atoms with Crippen LogP contribution in [0.1, 0.15) is 17.5 Å². The highest BCUT2D eigenvalue weighted by Crippen LogP contribution is 2.26. The number of hydrogen-bond donors (Lipinski definition) is 2. The Labute approximate surface area is 84.7 Å². The molecule has 0 aliphatic carbocycles. The minimum Gasteiger partial charge on any atom is -0.370 e. The van der Waals surface area contributed by atoms with Gasteiger partial charge in [0.1, 0.15) is 5.01 Å². The van der Waals surface area contributed by atoms with Crippen LogP contribution in [0.5, 0.6) is 0 Å². The predicted octanol–water partition coefficient (Wildman–Crippen LogP) is 0.740. The summed E-state index contributed by atoms with van der Waals surface area (Å²) in [6.07, 6.45) is 3.88. The van der Waals surface area contributed by atoms with Crippen LogP contribution in [-0.4, -0.2) is 17.1 Å². The number of nitrogens with zero attached hydrogens (tertiary/aromatic N) is 1. The summed E-state index contributed by atoms with van der Waals surface area (Å²) in [5.74, 6) is -0.395. The van der Waals surface area contributed by atoms with E-state index in [4.69, 9.17) is 11.5 Å². The van der Waals surface area contributed by atoms with Gasteiger partial charge >= 0.3 is 0 Å². The first-order chi connectivity index (χ1) is 6.13. The SMILES string of the molecule is CSc1cnc([C@H](N)CC(N)=O)s1. The lowest BCUT2D eigenvalue weighted by molar-refractivity contribution is -0.118. The second kappa shape index (κ2) is 4.59. The number of aromatic nitrogens is 1. The molecule has 72 valence electrons. The van der Waals surface area contributed by atoms with Crippen molar-refractivity contribution in [3.8, 4) is 0 Å². The van der Waals surface area contributed by atoms with E-state index in [1.807, 2.05) is 6.26 Å². The van der Waals surface area contributed by atoms with Crippen LogP contribution < -0.4 is 11.5 Å². The van der Waals surface area contributed by atoms with Gasteiger partial charge in [0.2, 0.25) is 5.91 Å². The summed E-state index contributed by atoms with van der Waals surface area (Å²) >= 11 is 3.11. The van der Waals surface area contributed by atoms with Crippen LogP contribution in [0.3, 0.4) is 0 Å². The second-order valence-electron chi connectivity index (χ2n) is 2.50. The number of nitrogens with two attached hydrogens (primary N) is 2. The summed E-state index contributed by atoms with van der Waals surface area (Å²) in [5.41, 5.74) is 10.7. The Hall–Kier alpha value is -0.590. The molecule has 1 amide bonds. The van der Waals surface area contributed by atoms with E-state index in [1.54, 1.807) is 18.0 Å². The average Bonchev–Trinajstić information content (AvgIpc) is 2.50. The van der Waals surface area contributed by atoms with Crippen molar-refractivity contribution in [1.82, 2.24) is 4.98 Å². The third kappa shape index (κ3) is 2.98. The molecule has 0 radical (unpaired) electrons. The molecular weight excluding hydrogens is 206 g/mol. The smallest absolute Gasteiger partial charge is 0.219 e. The number of amides is 1. The van der Waals surface area contributed by atoms with Crippen LogP contribution in [-0.2, 0) is 4.79 Å². The van der Waals surface area contributed by atoms with E-state index >= 15 is 0 Å². The van der Waals surface area contributed by atoms with Crippen molar-refractivity contribution in [2.45, 2.75) is 16.7 Å². The molecule has 4 nitrogen and oxygen atoms in total. The summed E-state index contributed by atoms with van der Waals surface area (Å²) < 4.78 is 1.09. The van der Waals surface area contributed by atoms with E-state index in [-0.39, 0.29) is 12.5 Å². The highest BCUT2D eigenvalue weighted by molar-refractivity contribution is 8.00. The van der Waals surface area contributed by atoms with E-state index in [2.05, 4.69) is 4.98 Å². The highest BCUT2D eigenvalue weighted by atomic mass is 32.2. The van der Waals surface area contributed by atoms with E-state index in [0.29, 0.717) is 0 Å². The zero-order valence-corrected chi connectivity index (χ0v) is 8.82. The lowest BCUT2D eigenvalue weighted by atomic mass is 10.2. The van der Waals surface area contributed by atoms with Crippen LogP contribution in [0.25, 0.3) is 0 Å². The molecule has 1 heterocycles. The highest BCUT2D eigenvalue weighted by Gasteiger charge is 2.12. The zero-order valence-electron chi connectivity index (χ0n) is 7.19. The van der Waals surface area contributed by atoms with Crippen molar-refractivity contribution in [2.24, 2.45) is 11.5 Å². The quantitative estimate of drug-likeness (QED) is 0.729. The van der Waals surface area contributed by atoms with Gasteiger partial charge in [-0.25, -0.2) is 4.98 Å². The first-order valence-corrected chi connectivity index (χ1v) is 5.71. The molecule has 0 fully saturated rings. The van der Waals surface area contributed by atoms with Gasteiger partial charge in [-0.3, -0.25) is 4.79 Å². The third-order valence-corrected chi connectivity index (χ3v) is 3.62. The Kier molecular flexibility index (Phi) is 3.71. The van der Waals surface area contributed by atoms with Crippen molar-refractivity contribution < 1.29 is 4.79 Å². The fourth-order valence-electron chi connectivity index (χ4n) is 0.842. The van der Waals surface area contributed by atoms with Gasteiger partial charge in [0.25, 0.3) is 0 Å². The van der Waals surface area contributed by atoms with Gasteiger partial charge in [0.05, 0.1) is 16.4 Å². The topological polar surface area (TPSA) is 82.0 Å². The molecule has 1 aromatic heterocycles. The van der Waals surface area contributed by atoms with Crippen LogP contribution in [0, 0.1) is 0 Å². The Balaban J connectivity index is 2.65. The summed E-state index contributed by atoms with van der Waals surface area (Å²) in [6, 6.07) is -0.358. The van der Waals surface area contributed by atoms with Crippen molar-refractivity contribution in [3.05, 3.63) is 11.2 Å². The molecule has 0 saturated carbocycles. The average molecular weight is 217 g/mol. The van der Waals surface area contributed by atoms with E-state index in [0.717, 1.165) is 9.22 Å². The molecular formula is C7H11N3OS2. The summed E-state index contributed by atoms with van der Waals surface area (Å²) in [5, 5.41) is 0.767. The lowest BCUT2D eigenvalue weighted by Crippen LogP contribution is -2.20. The number of carbonyl (C=O) groups excluding carboxylic acids is 1. The molecule has 13 heavy (non-hydrogen) atoms. The van der Waals surface area contributed by atoms with Crippen LogP contribution >= 0.6 is 23.1 Å². The van der Waals surface area contributed by atoms with E-state index < -0.39 is 5.91 Å². The Morgan fingerprint density at radius 3 is 3.00 bits per heavy atom. The lowest BCUT2D eigenvalue weighted by Gasteiger charge is -2.03. The maximum Gasteiger partial charge on any atom is 0.219 e. The van der Waals surface area contributed by atoms with Gasteiger partial charge in [-0.1, -0.05) is 0 Å². The van der Waals surface area contributed by atoms with Gasteiger partial charge in [-0.15, -0.1) is 23.1 Å².